The lowest BCUT2D eigenvalue weighted by Crippen LogP contribution is -2.07. The van der Waals surface area contributed by atoms with Gasteiger partial charge >= 0.3 is 5.97 Å². The van der Waals surface area contributed by atoms with E-state index in [1.54, 1.807) is 12.1 Å². The molecule has 5 heteroatoms. The summed E-state index contributed by atoms with van der Waals surface area (Å²) in [4.78, 5) is 11.4. The number of hydrogen-bond donors (Lipinski definition) is 1. The highest BCUT2D eigenvalue weighted by molar-refractivity contribution is 5.93. The molecule has 0 rings (SSSR count). The Labute approximate surface area is 133 Å². The van der Waals surface area contributed by atoms with Gasteiger partial charge in [-0.15, -0.1) is 0 Å². The lowest BCUT2D eigenvalue weighted by atomic mass is 10.1. The van der Waals surface area contributed by atoms with Crippen molar-refractivity contribution < 1.29 is 14.6 Å². The Morgan fingerprint density at radius 2 is 1.41 bits per heavy atom. The van der Waals surface area contributed by atoms with Crippen LogP contribution in [0.25, 0.3) is 0 Å². The van der Waals surface area contributed by atoms with Gasteiger partial charge in [0.05, 0.1) is 12.7 Å². The van der Waals surface area contributed by atoms with E-state index < -0.39 is 5.97 Å². The van der Waals surface area contributed by atoms with Crippen LogP contribution in [0.1, 0.15) is 64.2 Å². The summed E-state index contributed by atoms with van der Waals surface area (Å²) in [5.74, 6) is -0.716. The third-order valence-corrected chi connectivity index (χ3v) is 3.33. The first-order valence-corrected chi connectivity index (χ1v) is 8.04. The molecule has 0 spiro atoms. The van der Waals surface area contributed by atoms with E-state index in [4.69, 9.17) is 20.4 Å². The smallest absolute Gasteiger partial charge is 0.349 e. The first-order chi connectivity index (χ1) is 10.8. The molecule has 1 N–H and O–H groups in total. The van der Waals surface area contributed by atoms with E-state index in [9.17, 15) is 4.79 Å². The minimum absolute atomic E-state index is 0.247. The zero-order chi connectivity index (χ0) is 16.5. The van der Waals surface area contributed by atoms with Crippen molar-refractivity contribution in [1.82, 2.24) is 0 Å². The van der Waals surface area contributed by atoms with Crippen molar-refractivity contribution in [2.75, 3.05) is 13.2 Å². The summed E-state index contributed by atoms with van der Waals surface area (Å²) >= 11 is 0. The van der Waals surface area contributed by atoms with Gasteiger partial charge in [-0.05, 0) is 12.8 Å². The molecule has 0 radical (unpaired) electrons. The largest absolute Gasteiger partial charge is 0.462 e. The average Bonchev–Trinajstić information content (AvgIpc) is 2.53. The number of aliphatic hydroxyl groups is 1. The molecule has 0 saturated carbocycles. The fourth-order valence-electron chi connectivity index (χ4n) is 2.07. The van der Waals surface area contributed by atoms with Crippen LogP contribution in [0.2, 0.25) is 0 Å². The Morgan fingerprint density at radius 1 is 0.909 bits per heavy atom. The molecule has 0 saturated heterocycles. The number of allylic oxidation sites excluding steroid dienone is 1. The number of carbonyl (C=O) groups excluding carboxylic acids is 1. The highest BCUT2D eigenvalue weighted by atomic mass is 16.5. The van der Waals surface area contributed by atoms with Gasteiger partial charge in [-0.3, -0.25) is 0 Å². The summed E-state index contributed by atoms with van der Waals surface area (Å²) in [7, 11) is 0. The molecule has 122 valence electrons. The molecule has 0 aliphatic heterocycles. The Hall–Kier alpha value is -1.85. The van der Waals surface area contributed by atoms with Gasteiger partial charge in [0.1, 0.15) is 11.6 Å². The molecule has 0 aromatic carbocycles. The number of hydrogen-bond acceptors (Lipinski definition) is 5. The van der Waals surface area contributed by atoms with Gasteiger partial charge < -0.3 is 9.84 Å². The maximum Gasteiger partial charge on any atom is 0.349 e. The summed E-state index contributed by atoms with van der Waals surface area (Å²) in [6, 6.07) is 3.29. The van der Waals surface area contributed by atoms with Gasteiger partial charge in [-0.2, -0.15) is 10.5 Å². The van der Waals surface area contributed by atoms with Crippen LogP contribution in [-0.4, -0.2) is 24.3 Å². The van der Waals surface area contributed by atoms with Crippen LogP contribution in [0.4, 0.5) is 0 Å². The first-order valence-electron chi connectivity index (χ1n) is 8.04. The Balaban J connectivity index is 3.37. The van der Waals surface area contributed by atoms with E-state index >= 15 is 0 Å². The molecular formula is C17H26N2O3. The molecule has 0 aromatic heterocycles. The third kappa shape index (κ3) is 11.9. The second kappa shape index (κ2) is 15.5. The number of unbranched alkanes of at least 4 members (excludes halogenated alkanes) is 9. The Kier molecular flexibility index (Phi) is 14.2. The fourth-order valence-corrected chi connectivity index (χ4v) is 2.07. The van der Waals surface area contributed by atoms with Crippen LogP contribution in [0, 0.1) is 22.7 Å². The zero-order valence-electron chi connectivity index (χ0n) is 13.2. The van der Waals surface area contributed by atoms with E-state index in [0.29, 0.717) is 13.2 Å². The van der Waals surface area contributed by atoms with Gasteiger partial charge in [-0.1, -0.05) is 51.4 Å². The van der Waals surface area contributed by atoms with Crippen LogP contribution in [-0.2, 0) is 9.53 Å². The van der Waals surface area contributed by atoms with E-state index in [1.807, 2.05) is 0 Å². The number of carbonyl (C=O) groups is 1. The lowest BCUT2D eigenvalue weighted by Gasteiger charge is -2.04. The van der Waals surface area contributed by atoms with Crippen LogP contribution in [0.5, 0.6) is 0 Å². The summed E-state index contributed by atoms with van der Waals surface area (Å²) in [5.41, 5.74) is -0.247. The maximum atomic E-state index is 11.4. The average molecular weight is 306 g/mol. The minimum Gasteiger partial charge on any atom is -0.462 e. The molecule has 0 heterocycles. The van der Waals surface area contributed by atoms with E-state index in [-0.39, 0.29) is 5.57 Å². The summed E-state index contributed by atoms with van der Waals surface area (Å²) < 4.78 is 4.93. The number of esters is 1. The van der Waals surface area contributed by atoms with Crippen LogP contribution in [0.3, 0.4) is 0 Å². The molecule has 0 aliphatic rings. The molecule has 0 bridgehead atoms. The van der Waals surface area contributed by atoms with E-state index in [1.165, 1.54) is 32.1 Å². The van der Waals surface area contributed by atoms with Gasteiger partial charge in [0.15, 0.2) is 0 Å². The van der Waals surface area contributed by atoms with E-state index in [2.05, 4.69) is 0 Å². The van der Waals surface area contributed by atoms with Crippen LogP contribution in [0.15, 0.2) is 11.6 Å². The third-order valence-electron chi connectivity index (χ3n) is 3.33. The normalized spacial score (nSPS) is 10.8. The summed E-state index contributed by atoms with van der Waals surface area (Å²) in [6.45, 7) is 0.594. The zero-order valence-corrected chi connectivity index (χ0v) is 13.2. The van der Waals surface area contributed by atoms with E-state index in [0.717, 1.165) is 38.2 Å². The number of aliphatic hydroxyl groups excluding tert-OH is 1. The minimum atomic E-state index is -0.716. The van der Waals surface area contributed by atoms with Crippen molar-refractivity contribution >= 4 is 5.97 Å². The molecule has 0 atom stereocenters. The molecule has 0 amide bonds. The van der Waals surface area contributed by atoms with Gasteiger partial charge in [-0.25, -0.2) is 4.79 Å². The summed E-state index contributed by atoms with van der Waals surface area (Å²) in [6.07, 6.45) is 11.9. The molecule has 0 fully saturated rings. The van der Waals surface area contributed by atoms with Crippen LogP contribution < -0.4 is 0 Å². The highest BCUT2D eigenvalue weighted by Gasteiger charge is 2.09. The van der Waals surface area contributed by atoms with Gasteiger partial charge in [0.2, 0.25) is 0 Å². The predicted molar refractivity (Wildman–Crippen MR) is 83.5 cm³/mol. The van der Waals surface area contributed by atoms with Crippen molar-refractivity contribution in [3.05, 3.63) is 11.6 Å². The van der Waals surface area contributed by atoms with Crippen molar-refractivity contribution in [3.8, 4) is 12.1 Å². The van der Waals surface area contributed by atoms with Gasteiger partial charge in [0.25, 0.3) is 0 Å². The van der Waals surface area contributed by atoms with Crippen molar-refractivity contribution in [2.24, 2.45) is 0 Å². The SMILES string of the molecule is N#CC=C(C#N)C(=O)OCCCCCCCCCCCCO. The summed E-state index contributed by atoms with van der Waals surface area (Å²) in [5, 5.41) is 25.7. The van der Waals surface area contributed by atoms with Gasteiger partial charge in [0, 0.05) is 12.7 Å². The van der Waals surface area contributed by atoms with Crippen molar-refractivity contribution in [1.29, 1.82) is 10.5 Å². The second-order valence-electron chi connectivity index (χ2n) is 5.19. The Bertz CT molecular complexity index is 405. The topological polar surface area (TPSA) is 94.1 Å². The second-order valence-corrected chi connectivity index (χ2v) is 5.19. The molecular weight excluding hydrogens is 280 g/mol. The molecule has 0 aromatic rings. The quantitative estimate of drug-likeness (QED) is 0.243. The number of nitriles is 2. The molecule has 0 unspecified atom stereocenters. The number of ether oxygens (including phenoxy) is 1. The molecule has 22 heavy (non-hydrogen) atoms. The standard InChI is InChI=1S/C17H26N2O3/c18-12-11-16(15-19)17(21)22-14-10-8-6-4-2-1-3-5-7-9-13-20/h11,20H,1-10,13-14H2. The fraction of sp³-hybridized carbons (Fsp3) is 0.706. The predicted octanol–water partition coefficient (Wildman–Crippen LogP) is 3.40. The maximum absolute atomic E-state index is 11.4. The number of nitrogens with zero attached hydrogens (tertiary/aromatic N) is 2. The monoisotopic (exact) mass is 306 g/mol. The van der Waals surface area contributed by atoms with Crippen LogP contribution >= 0.6 is 0 Å². The Morgan fingerprint density at radius 3 is 1.86 bits per heavy atom. The lowest BCUT2D eigenvalue weighted by molar-refractivity contribution is -0.138. The highest BCUT2D eigenvalue weighted by Crippen LogP contribution is 2.10. The molecule has 0 aliphatic carbocycles. The number of rotatable bonds is 13. The van der Waals surface area contributed by atoms with Crippen molar-refractivity contribution in [2.45, 2.75) is 64.2 Å². The van der Waals surface area contributed by atoms with Crippen molar-refractivity contribution in [3.63, 3.8) is 0 Å². The first kappa shape index (κ1) is 20.1. The molecule has 5 nitrogen and oxygen atoms in total.